The standard InChI is InChI=1S/C5H6ClF2NO/c6-4(10)9-2-1-5(7,8)3-9/h1-3H2. The molecular weight excluding hydrogens is 164 g/mol. The topological polar surface area (TPSA) is 20.3 Å². The first-order chi connectivity index (χ1) is 4.51. The number of carbonyl (C=O) groups excluding carboxylic acids is 1. The van der Waals surface area contributed by atoms with Crippen molar-refractivity contribution in [3.63, 3.8) is 0 Å². The minimum Gasteiger partial charge on any atom is -0.323 e. The molecule has 0 aromatic carbocycles. The molecule has 1 aliphatic rings. The van der Waals surface area contributed by atoms with Gasteiger partial charge in [0.25, 0.3) is 5.92 Å². The summed E-state index contributed by atoms with van der Waals surface area (Å²) in [6.45, 7) is -0.468. The van der Waals surface area contributed by atoms with Gasteiger partial charge < -0.3 is 4.90 Å². The predicted molar refractivity (Wildman–Crippen MR) is 32.4 cm³/mol. The van der Waals surface area contributed by atoms with E-state index in [1.165, 1.54) is 0 Å². The summed E-state index contributed by atoms with van der Waals surface area (Å²) in [6, 6.07) is 0. The van der Waals surface area contributed by atoms with Crippen LogP contribution in [0.3, 0.4) is 0 Å². The van der Waals surface area contributed by atoms with Crippen molar-refractivity contribution in [3.05, 3.63) is 0 Å². The first-order valence-corrected chi connectivity index (χ1v) is 3.21. The molecule has 0 bridgehead atoms. The molecule has 0 spiro atoms. The molecule has 1 saturated heterocycles. The van der Waals surface area contributed by atoms with E-state index in [1.807, 2.05) is 0 Å². The molecule has 0 radical (unpaired) electrons. The van der Waals surface area contributed by atoms with Gasteiger partial charge in [0.15, 0.2) is 0 Å². The normalized spacial score (nSPS) is 23.3. The number of halogens is 3. The Morgan fingerprint density at radius 2 is 2.20 bits per heavy atom. The van der Waals surface area contributed by atoms with Gasteiger partial charge in [-0.1, -0.05) is 0 Å². The van der Waals surface area contributed by atoms with Gasteiger partial charge in [0.05, 0.1) is 6.54 Å². The second-order valence-electron chi connectivity index (χ2n) is 2.28. The summed E-state index contributed by atoms with van der Waals surface area (Å²) >= 11 is 4.97. The lowest BCUT2D eigenvalue weighted by Crippen LogP contribution is -2.26. The maximum atomic E-state index is 12.3. The highest BCUT2D eigenvalue weighted by Gasteiger charge is 2.39. The van der Waals surface area contributed by atoms with Gasteiger partial charge in [-0.15, -0.1) is 0 Å². The summed E-state index contributed by atoms with van der Waals surface area (Å²) < 4.78 is 24.6. The van der Waals surface area contributed by atoms with Crippen LogP contribution in [0.5, 0.6) is 0 Å². The van der Waals surface area contributed by atoms with Crippen LogP contribution in [0.1, 0.15) is 6.42 Å². The zero-order valence-electron chi connectivity index (χ0n) is 5.11. The van der Waals surface area contributed by atoms with Crippen LogP contribution in [0.25, 0.3) is 0 Å². The molecule has 58 valence electrons. The van der Waals surface area contributed by atoms with Crippen molar-refractivity contribution >= 4 is 17.0 Å². The first kappa shape index (κ1) is 7.72. The summed E-state index contributed by atoms with van der Waals surface area (Å²) in [6.07, 6.45) is -0.272. The molecule has 0 atom stereocenters. The third-order valence-electron chi connectivity index (χ3n) is 1.42. The molecule has 1 rings (SSSR count). The molecule has 2 nitrogen and oxygen atoms in total. The maximum absolute atomic E-state index is 12.3. The Bertz CT molecular complexity index is 162. The van der Waals surface area contributed by atoms with E-state index >= 15 is 0 Å². The summed E-state index contributed by atoms with van der Waals surface area (Å²) in [5.41, 5.74) is 0. The van der Waals surface area contributed by atoms with Crippen molar-refractivity contribution in [1.82, 2.24) is 4.90 Å². The van der Waals surface area contributed by atoms with Crippen LogP contribution in [-0.4, -0.2) is 29.3 Å². The third-order valence-corrected chi connectivity index (χ3v) is 1.66. The Morgan fingerprint density at radius 1 is 1.60 bits per heavy atom. The largest absolute Gasteiger partial charge is 0.323 e. The van der Waals surface area contributed by atoms with E-state index in [0.717, 1.165) is 4.90 Å². The van der Waals surface area contributed by atoms with E-state index in [1.54, 1.807) is 0 Å². The monoisotopic (exact) mass is 169 g/mol. The lowest BCUT2D eigenvalue weighted by atomic mass is 10.3. The van der Waals surface area contributed by atoms with Crippen LogP contribution in [0.4, 0.5) is 13.6 Å². The first-order valence-electron chi connectivity index (χ1n) is 2.83. The number of nitrogens with zero attached hydrogens (tertiary/aromatic N) is 1. The van der Waals surface area contributed by atoms with E-state index in [4.69, 9.17) is 11.6 Å². The minimum absolute atomic E-state index is 0.0648. The number of hydrogen-bond donors (Lipinski definition) is 0. The van der Waals surface area contributed by atoms with E-state index in [-0.39, 0.29) is 13.0 Å². The summed E-state index contributed by atoms with van der Waals surface area (Å²) in [5.74, 6) is -2.73. The molecule has 0 unspecified atom stereocenters. The molecule has 0 aromatic heterocycles. The van der Waals surface area contributed by atoms with E-state index < -0.39 is 17.8 Å². The van der Waals surface area contributed by atoms with Crippen molar-refractivity contribution in [1.29, 1.82) is 0 Å². The van der Waals surface area contributed by atoms with Crippen LogP contribution < -0.4 is 0 Å². The van der Waals surface area contributed by atoms with E-state index in [2.05, 4.69) is 0 Å². The second-order valence-corrected chi connectivity index (χ2v) is 2.60. The molecule has 0 saturated carbocycles. The molecule has 1 amide bonds. The van der Waals surface area contributed by atoms with Crippen LogP contribution in [0.2, 0.25) is 0 Å². The number of rotatable bonds is 0. The summed E-state index contributed by atoms with van der Waals surface area (Å²) in [7, 11) is 0. The van der Waals surface area contributed by atoms with Crippen LogP contribution in [0.15, 0.2) is 0 Å². The maximum Gasteiger partial charge on any atom is 0.316 e. The SMILES string of the molecule is O=C(Cl)N1CCC(F)(F)C1. The fraction of sp³-hybridized carbons (Fsp3) is 0.800. The smallest absolute Gasteiger partial charge is 0.316 e. The van der Waals surface area contributed by atoms with E-state index in [9.17, 15) is 13.6 Å². The number of hydrogen-bond acceptors (Lipinski definition) is 1. The van der Waals surface area contributed by atoms with Crippen LogP contribution in [0, 0.1) is 0 Å². The molecule has 0 aromatic rings. The Hall–Kier alpha value is -0.380. The Kier molecular flexibility index (Phi) is 1.81. The van der Waals surface area contributed by atoms with Gasteiger partial charge in [0.1, 0.15) is 0 Å². The fourth-order valence-electron chi connectivity index (χ4n) is 0.886. The van der Waals surface area contributed by atoms with Gasteiger partial charge in [-0.2, -0.15) is 0 Å². The van der Waals surface area contributed by atoms with Crippen molar-refractivity contribution in [2.45, 2.75) is 12.3 Å². The van der Waals surface area contributed by atoms with Crippen molar-refractivity contribution in [3.8, 4) is 0 Å². The minimum atomic E-state index is -2.73. The third kappa shape index (κ3) is 1.56. The lowest BCUT2D eigenvalue weighted by Gasteiger charge is -2.10. The van der Waals surface area contributed by atoms with Crippen LogP contribution in [-0.2, 0) is 0 Å². The zero-order chi connectivity index (χ0) is 7.78. The molecule has 0 N–H and O–H groups in total. The Morgan fingerprint density at radius 3 is 2.40 bits per heavy atom. The summed E-state index contributed by atoms with van der Waals surface area (Å²) in [4.78, 5) is 11.2. The average Bonchev–Trinajstić information content (AvgIpc) is 2.10. The van der Waals surface area contributed by atoms with Gasteiger partial charge in [-0.3, -0.25) is 4.79 Å². The predicted octanol–water partition coefficient (Wildman–Crippen LogP) is 1.69. The van der Waals surface area contributed by atoms with E-state index in [0.29, 0.717) is 0 Å². The van der Waals surface area contributed by atoms with Crippen molar-refractivity contribution < 1.29 is 13.6 Å². The number of amides is 1. The highest BCUT2D eigenvalue weighted by Crippen LogP contribution is 2.27. The lowest BCUT2D eigenvalue weighted by molar-refractivity contribution is 0.0163. The Balaban J connectivity index is 2.51. The average molecular weight is 170 g/mol. The number of alkyl halides is 2. The summed E-state index contributed by atoms with van der Waals surface area (Å²) in [5, 5.41) is -0.794. The molecule has 10 heavy (non-hydrogen) atoms. The van der Waals surface area contributed by atoms with Gasteiger partial charge in [0.2, 0.25) is 0 Å². The number of likely N-dealkylation sites (tertiary alicyclic amines) is 1. The molecule has 1 fully saturated rings. The van der Waals surface area contributed by atoms with Gasteiger partial charge >= 0.3 is 5.37 Å². The highest BCUT2D eigenvalue weighted by molar-refractivity contribution is 6.62. The second kappa shape index (κ2) is 2.34. The molecular formula is C5H6ClF2NO. The van der Waals surface area contributed by atoms with Gasteiger partial charge in [0, 0.05) is 13.0 Å². The van der Waals surface area contributed by atoms with Gasteiger partial charge in [-0.05, 0) is 11.6 Å². The van der Waals surface area contributed by atoms with Crippen LogP contribution >= 0.6 is 11.6 Å². The molecule has 5 heteroatoms. The molecule has 0 aliphatic carbocycles. The Labute approximate surface area is 61.7 Å². The molecule has 1 heterocycles. The molecule has 1 aliphatic heterocycles. The highest BCUT2D eigenvalue weighted by atomic mass is 35.5. The van der Waals surface area contributed by atoms with Crippen molar-refractivity contribution in [2.24, 2.45) is 0 Å². The van der Waals surface area contributed by atoms with Gasteiger partial charge in [-0.25, -0.2) is 8.78 Å². The quantitative estimate of drug-likeness (QED) is 0.399. The fourth-order valence-corrected chi connectivity index (χ4v) is 1.03. The van der Waals surface area contributed by atoms with Crippen molar-refractivity contribution in [2.75, 3.05) is 13.1 Å². The zero-order valence-corrected chi connectivity index (χ0v) is 5.87. The number of carbonyl (C=O) groups is 1.